The number of likely N-dealkylation sites (tertiary alicyclic amines) is 1. The third kappa shape index (κ3) is 4.13. The zero-order valence-corrected chi connectivity index (χ0v) is 19.3. The lowest BCUT2D eigenvalue weighted by Crippen LogP contribution is -2.38. The number of aromatic nitrogens is 4. The van der Waals surface area contributed by atoms with Crippen molar-refractivity contribution in [2.45, 2.75) is 45.6 Å². The van der Waals surface area contributed by atoms with Gasteiger partial charge in [0.05, 0.1) is 24.7 Å². The fourth-order valence-corrected chi connectivity index (χ4v) is 4.67. The SMILES string of the molecule is Cc1ccc(CN2C(=O)Cc3c(C)nc(C4CCN(C(=O)c5cnn(C)c5)CC4)nc32)cc1. The van der Waals surface area contributed by atoms with Gasteiger partial charge < -0.3 is 4.90 Å². The molecule has 0 unspecified atom stereocenters. The molecule has 0 bridgehead atoms. The summed E-state index contributed by atoms with van der Waals surface area (Å²) in [5, 5.41) is 4.10. The van der Waals surface area contributed by atoms with Crippen LogP contribution >= 0.6 is 0 Å². The number of hydrogen-bond acceptors (Lipinski definition) is 5. The summed E-state index contributed by atoms with van der Waals surface area (Å²) in [5.41, 5.74) is 4.71. The molecule has 2 aliphatic heterocycles. The van der Waals surface area contributed by atoms with Gasteiger partial charge in [0.15, 0.2) is 0 Å². The van der Waals surface area contributed by atoms with Gasteiger partial charge in [0, 0.05) is 43.5 Å². The van der Waals surface area contributed by atoms with Gasteiger partial charge in [-0.15, -0.1) is 0 Å². The van der Waals surface area contributed by atoms with Gasteiger partial charge in [-0.25, -0.2) is 9.97 Å². The second-order valence-electron chi connectivity index (χ2n) is 9.08. The van der Waals surface area contributed by atoms with Gasteiger partial charge in [-0.05, 0) is 32.3 Å². The zero-order valence-electron chi connectivity index (χ0n) is 19.3. The molecule has 1 aromatic carbocycles. The molecule has 8 nitrogen and oxygen atoms in total. The number of carbonyl (C=O) groups excluding carboxylic acids is 2. The molecular weight excluding hydrogens is 416 g/mol. The summed E-state index contributed by atoms with van der Waals surface area (Å²) in [6.45, 7) is 5.85. The van der Waals surface area contributed by atoms with Crippen molar-refractivity contribution in [2.75, 3.05) is 18.0 Å². The van der Waals surface area contributed by atoms with Crippen LogP contribution in [0.15, 0.2) is 36.7 Å². The Balaban J connectivity index is 1.33. The Bertz CT molecular complexity index is 1210. The number of nitrogens with zero attached hydrogens (tertiary/aromatic N) is 6. The number of fused-ring (bicyclic) bond motifs is 1. The third-order valence-corrected chi connectivity index (χ3v) is 6.65. The number of hydrogen-bond donors (Lipinski definition) is 0. The summed E-state index contributed by atoms with van der Waals surface area (Å²) >= 11 is 0. The van der Waals surface area contributed by atoms with Crippen molar-refractivity contribution in [3.63, 3.8) is 0 Å². The van der Waals surface area contributed by atoms with Gasteiger partial charge >= 0.3 is 0 Å². The third-order valence-electron chi connectivity index (χ3n) is 6.65. The molecule has 0 radical (unpaired) electrons. The van der Waals surface area contributed by atoms with E-state index in [1.165, 1.54) is 5.56 Å². The van der Waals surface area contributed by atoms with Crippen molar-refractivity contribution < 1.29 is 9.59 Å². The van der Waals surface area contributed by atoms with Crippen molar-refractivity contribution in [1.29, 1.82) is 0 Å². The number of rotatable bonds is 4. The Morgan fingerprint density at radius 1 is 1.09 bits per heavy atom. The highest BCUT2D eigenvalue weighted by molar-refractivity contribution is 6.00. The highest BCUT2D eigenvalue weighted by Crippen LogP contribution is 2.34. The van der Waals surface area contributed by atoms with Crippen LogP contribution in [0.3, 0.4) is 0 Å². The Labute approximate surface area is 193 Å². The molecular formula is C25H28N6O2. The lowest BCUT2D eigenvalue weighted by atomic mass is 9.95. The molecule has 0 N–H and O–H groups in total. The van der Waals surface area contributed by atoms with Gasteiger partial charge in [-0.2, -0.15) is 5.10 Å². The first-order valence-corrected chi connectivity index (χ1v) is 11.4. The van der Waals surface area contributed by atoms with E-state index >= 15 is 0 Å². The fourth-order valence-electron chi connectivity index (χ4n) is 4.67. The molecule has 3 aromatic rings. The number of anilines is 1. The first-order chi connectivity index (χ1) is 15.9. The molecule has 0 saturated carbocycles. The minimum Gasteiger partial charge on any atom is -0.339 e. The summed E-state index contributed by atoms with van der Waals surface area (Å²) in [4.78, 5) is 38.9. The van der Waals surface area contributed by atoms with E-state index in [0.717, 1.165) is 41.3 Å². The van der Waals surface area contributed by atoms with Crippen molar-refractivity contribution in [3.8, 4) is 0 Å². The maximum absolute atomic E-state index is 12.8. The van der Waals surface area contributed by atoms with Gasteiger partial charge in [-0.3, -0.25) is 19.2 Å². The summed E-state index contributed by atoms with van der Waals surface area (Å²) in [7, 11) is 1.81. The predicted octanol–water partition coefficient (Wildman–Crippen LogP) is 2.94. The molecule has 2 amide bonds. The molecule has 0 spiro atoms. The van der Waals surface area contributed by atoms with Gasteiger partial charge in [0.2, 0.25) is 5.91 Å². The number of amides is 2. The summed E-state index contributed by atoms with van der Waals surface area (Å²) < 4.78 is 1.64. The van der Waals surface area contributed by atoms with Crippen LogP contribution in [0.25, 0.3) is 0 Å². The van der Waals surface area contributed by atoms with Crippen LogP contribution in [0.5, 0.6) is 0 Å². The van der Waals surface area contributed by atoms with Crippen molar-refractivity contribution in [2.24, 2.45) is 7.05 Å². The van der Waals surface area contributed by atoms with Crippen LogP contribution < -0.4 is 4.90 Å². The molecule has 2 aromatic heterocycles. The van der Waals surface area contributed by atoms with Gasteiger partial charge in [-0.1, -0.05) is 29.8 Å². The normalized spacial score (nSPS) is 16.4. The minimum atomic E-state index is 0.0162. The molecule has 0 atom stereocenters. The van der Waals surface area contributed by atoms with E-state index < -0.39 is 0 Å². The number of piperidine rings is 1. The maximum Gasteiger partial charge on any atom is 0.257 e. The van der Waals surface area contributed by atoms with Crippen LogP contribution in [0.1, 0.15) is 57.3 Å². The Kier molecular flexibility index (Phi) is 5.44. The second kappa shape index (κ2) is 8.42. The largest absolute Gasteiger partial charge is 0.339 e. The highest BCUT2D eigenvalue weighted by Gasteiger charge is 2.33. The average molecular weight is 445 g/mol. The molecule has 0 aliphatic carbocycles. The highest BCUT2D eigenvalue weighted by atomic mass is 16.2. The molecule has 4 heterocycles. The fraction of sp³-hybridized carbons (Fsp3) is 0.400. The Morgan fingerprint density at radius 2 is 1.82 bits per heavy atom. The lowest BCUT2D eigenvalue weighted by Gasteiger charge is -2.31. The predicted molar refractivity (Wildman–Crippen MR) is 124 cm³/mol. The Hall–Kier alpha value is -3.55. The smallest absolute Gasteiger partial charge is 0.257 e. The van der Waals surface area contributed by atoms with Crippen molar-refractivity contribution in [1.82, 2.24) is 24.6 Å². The van der Waals surface area contributed by atoms with Crippen LogP contribution in [0.4, 0.5) is 5.82 Å². The van der Waals surface area contributed by atoms with E-state index in [1.807, 2.05) is 18.9 Å². The minimum absolute atomic E-state index is 0.0162. The van der Waals surface area contributed by atoms with Crippen molar-refractivity contribution in [3.05, 3.63) is 70.4 Å². The first-order valence-electron chi connectivity index (χ1n) is 11.4. The van der Waals surface area contributed by atoms with E-state index in [-0.39, 0.29) is 17.7 Å². The van der Waals surface area contributed by atoms with E-state index in [9.17, 15) is 9.59 Å². The molecule has 8 heteroatoms. The van der Waals surface area contributed by atoms with Gasteiger partial charge in [0.1, 0.15) is 11.6 Å². The molecule has 170 valence electrons. The first kappa shape index (κ1) is 21.3. The molecule has 1 fully saturated rings. The second-order valence-corrected chi connectivity index (χ2v) is 9.08. The summed E-state index contributed by atoms with van der Waals surface area (Å²) in [6.07, 6.45) is 5.32. The van der Waals surface area contributed by atoms with E-state index in [0.29, 0.717) is 31.6 Å². The van der Waals surface area contributed by atoms with Crippen LogP contribution in [0.2, 0.25) is 0 Å². The summed E-state index contributed by atoms with van der Waals surface area (Å²) in [6, 6.07) is 8.25. The Morgan fingerprint density at radius 3 is 2.48 bits per heavy atom. The summed E-state index contributed by atoms with van der Waals surface area (Å²) in [5.74, 6) is 1.78. The standard InChI is InChI=1S/C25H28N6O2/c1-16-4-6-18(7-5-16)14-31-22(32)12-21-17(2)27-23(28-24(21)31)19-8-10-30(11-9-19)25(33)20-13-26-29(3)15-20/h4-7,13,15,19H,8-12,14H2,1-3H3. The average Bonchev–Trinajstić information content (AvgIpc) is 3.38. The van der Waals surface area contributed by atoms with Crippen LogP contribution in [-0.2, 0) is 24.8 Å². The molecule has 5 rings (SSSR count). The maximum atomic E-state index is 12.8. The number of aryl methyl sites for hydroxylation is 3. The number of benzene rings is 1. The molecule has 33 heavy (non-hydrogen) atoms. The van der Waals surface area contributed by atoms with Crippen LogP contribution in [-0.4, -0.2) is 49.6 Å². The molecule has 2 aliphatic rings. The molecule has 1 saturated heterocycles. The zero-order chi connectivity index (χ0) is 23.1. The quantitative estimate of drug-likeness (QED) is 0.618. The lowest BCUT2D eigenvalue weighted by molar-refractivity contribution is -0.117. The van der Waals surface area contributed by atoms with Crippen LogP contribution in [0, 0.1) is 13.8 Å². The monoisotopic (exact) mass is 444 g/mol. The van der Waals surface area contributed by atoms with E-state index in [4.69, 9.17) is 9.97 Å². The van der Waals surface area contributed by atoms with E-state index in [1.54, 1.807) is 22.0 Å². The number of carbonyl (C=O) groups is 2. The van der Waals surface area contributed by atoms with E-state index in [2.05, 4.69) is 36.3 Å². The topological polar surface area (TPSA) is 84.2 Å². The van der Waals surface area contributed by atoms with Crippen molar-refractivity contribution >= 4 is 17.6 Å². The van der Waals surface area contributed by atoms with Gasteiger partial charge in [0.25, 0.3) is 5.91 Å².